The molecule has 2 aromatic rings. The van der Waals surface area contributed by atoms with E-state index < -0.39 is 22.0 Å². The predicted octanol–water partition coefficient (Wildman–Crippen LogP) is 2.54. The lowest BCUT2D eigenvalue weighted by atomic mass is 9.95. The maximum Gasteiger partial charge on any atom is 0.243 e. The number of sulfonamides is 1. The van der Waals surface area contributed by atoms with E-state index in [1.165, 1.54) is 29.8 Å². The topological polar surface area (TPSA) is 118 Å². The highest BCUT2D eigenvalue weighted by Gasteiger charge is 2.35. The maximum absolute atomic E-state index is 13.1. The Balaban J connectivity index is 1.66. The fraction of sp³-hybridized carbons (Fsp3) is 0.500. The molecule has 0 unspecified atom stereocenters. The molecular formula is C24H33N3O6S. The summed E-state index contributed by atoms with van der Waals surface area (Å²) in [6, 6.07) is 8.97. The molecular weight excluding hydrogens is 458 g/mol. The number of nitrogens with zero attached hydrogens (tertiary/aromatic N) is 1. The van der Waals surface area contributed by atoms with Crippen molar-refractivity contribution in [3.63, 3.8) is 0 Å². The first-order valence-corrected chi connectivity index (χ1v) is 12.9. The second-order valence-corrected chi connectivity index (χ2v) is 10.5. The van der Waals surface area contributed by atoms with Crippen molar-refractivity contribution in [2.45, 2.75) is 50.6 Å². The molecule has 2 heterocycles. The van der Waals surface area contributed by atoms with Crippen molar-refractivity contribution in [3.8, 4) is 5.75 Å². The molecule has 186 valence electrons. The maximum atomic E-state index is 13.1. The summed E-state index contributed by atoms with van der Waals surface area (Å²) in [5.41, 5.74) is 0. The highest BCUT2D eigenvalue weighted by molar-refractivity contribution is 7.89. The van der Waals surface area contributed by atoms with E-state index in [0.29, 0.717) is 37.3 Å². The number of hydrogen-bond acceptors (Lipinski definition) is 6. The number of methoxy groups -OCH3 is 1. The molecule has 1 fully saturated rings. The van der Waals surface area contributed by atoms with Crippen LogP contribution in [0.5, 0.6) is 5.75 Å². The summed E-state index contributed by atoms with van der Waals surface area (Å²) in [6.07, 6.45) is 3.35. The normalized spacial score (nSPS) is 18.6. The summed E-state index contributed by atoms with van der Waals surface area (Å²) in [6.45, 7) is 4.50. The van der Waals surface area contributed by atoms with Crippen LogP contribution in [0.3, 0.4) is 0 Å². The summed E-state index contributed by atoms with van der Waals surface area (Å²) in [5.74, 6) is -0.0503. The number of furan rings is 1. The molecule has 1 aliphatic rings. The van der Waals surface area contributed by atoms with Crippen molar-refractivity contribution in [2.24, 2.45) is 11.8 Å². The van der Waals surface area contributed by atoms with Crippen LogP contribution in [0.4, 0.5) is 0 Å². The van der Waals surface area contributed by atoms with E-state index in [-0.39, 0.29) is 35.7 Å². The smallest absolute Gasteiger partial charge is 0.243 e. The first-order chi connectivity index (χ1) is 16.3. The average molecular weight is 492 g/mol. The molecule has 1 aromatic carbocycles. The van der Waals surface area contributed by atoms with Gasteiger partial charge in [0.1, 0.15) is 17.6 Å². The van der Waals surface area contributed by atoms with Gasteiger partial charge in [-0.25, -0.2) is 8.42 Å². The molecule has 0 radical (unpaired) electrons. The number of carbonyl (C=O) groups is 2. The van der Waals surface area contributed by atoms with Gasteiger partial charge in [-0.15, -0.1) is 0 Å². The van der Waals surface area contributed by atoms with Gasteiger partial charge in [-0.1, -0.05) is 20.3 Å². The van der Waals surface area contributed by atoms with E-state index in [2.05, 4.69) is 10.6 Å². The molecule has 34 heavy (non-hydrogen) atoms. The Hall–Kier alpha value is -2.85. The van der Waals surface area contributed by atoms with Crippen molar-refractivity contribution in [3.05, 3.63) is 48.4 Å². The molecule has 9 nitrogen and oxygen atoms in total. The number of benzene rings is 1. The minimum absolute atomic E-state index is 0.0709. The van der Waals surface area contributed by atoms with Gasteiger partial charge in [0, 0.05) is 13.1 Å². The van der Waals surface area contributed by atoms with Crippen molar-refractivity contribution < 1.29 is 27.2 Å². The SMILES string of the molecule is CC[C@@H](C)[C@H](NC(=O)[C@H]1CCCN(S(=O)(=O)c2ccc(OC)cc2)C1)C(=O)NCc1ccco1. The summed E-state index contributed by atoms with van der Waals surface area (Å²) in [7, 11) is -2.23. The number of rotatable bonds is 10. The van der Waals surface area contributed by atoms with Gasteiger partial charge < -0.3 is 19.8 Å². The van der Waals surface area contributed by atoms with Gasteiger partial charge in [-0.3, -0.25) is 9.59 Å². The largest absolute Gasteiger partial charge is 0.497 e. The Labute approximate surface area is 200 Å². The van der Waals surface area contributed by atoms with Gasteiger partial charge in [-0.2, -0.15) is 4.31 Å². The number of piperidine rings is 1. The molecule has 1 aromatic heterocycles. The van der Waals surface area contributed by atoms with E-state index in [1.807, 2.05) is 13.8 Å². The molecule has 1 aliphatic heterocycles. The van der Waals surface area contributed by atoms with Gasteiger partial charge in [0.2, 0.25) is 21.8 Å². The van der Waals surface area contributed by atoms with Gasteiger partial charge in [0.25, 0.3) is 0 Å². The lowest BCUT2D eigenvalue weighted by Crippen LogP contribution is -2.53. The van der Waals surface area contributed by atoms with Crippen LogP contribution >= 0.6 is 0 Å². The molecule has 2 N–H and O–H groups in total. The Morgan fingerprint density at radius 2 is 1.97 bits per heavy atom. The van der Waals surface area contributed by atoms with Crippen molar-refractivity contribution in [2.75, 3.05) is 20.2 Å². The van der Waals surface area contributed by atoms with Crippen LogP contribution < -0.4 is 15.4 Å². The molecule has 0 bridgehead atoms. The van der Waals surface area contributed by atoms with Crippen LogP contribution in [0.1, 0.15) is 38.9 Å². The lowest BCUT2D eigenvalue weighted by molar-refractivity contribution is -0.133. The fourth-order valence-electron chi connectivity index (χ4n) is 3.94. The van der Waals surface area contributed by atoms with E-state index in [0.717, 1.165) is 0 Å². The zero-order valence-electron chi connectivity index (χ0n) is 19.8. The quantitative estimate of drug-likeness (QED) is 0.527. The summed E-state index contributed by atoms with van der Waals surface area (Å²) in [5, 5.41) is 5.68. The Morgan fingerprint density at radius 3 is 2.59 bits per heavy atom. The summed E-state index contributed by atoms with van der Waals surface area (Å²) >= 11 is 0. The van der Waals surface area contributed by atoms with Crippen LogP contribution in [0, 0.1) is 11.8 Å². The molecule has 10 heteroatoms. The molecule has 3 atom stereocenters. The molecule has 2 amide bonds. The second-order valence-electron chi connectivity index (χ2n) is 8.55. The summed E-state index contributed by atoms with van der Waals surface area (Å²) in [4.78, 5) is 26.1. The minimum Gasteiger partial charge on any atom is -0.497 e. The number of ether oxygens (including phenoxy) is 1. The lowest BCUT2D eigenvalue weighted by Gasteiger charge is -2.32. The highest BCUT2D eigenvalue weighted by Crippen LogP contribution is 2.25. The van der Waals surface area contributed by atoms with Gasteiger partial charge in [-0.05, 0) is 55.2 Å². The predicted molar refractivity (Wildman–Crippen MR) is 126 cm³/mol. The zero-order valence-corrected chi connectivity index (χ0v) is 20.6. The van der Waals surface area contributed by atoms with Crippen LogP contribution in [-0.4, -0.2) is 50.8 Å². The molecule has 0 aliphatic carbocycles. The van der Waals surface area contributed by atoms with Crippen molar-refractivity contribution in [1.29, 1.82) is 0 Å². The van der Waals surface area contributed by atoms with Crippen molar-refractivity contribution >= 4 is 21.8 Å². The molecule has 0 saturated carbocycles. The van der Waals surface area contributed by atoms with Crippen LogP contribution in [0.25, 0.3) is 0 Å². The van der Waals surface area contributed by atoms with E-state index in [9.17, 15) is 18.0 Å². The van der Waals surface area contributed by atoms with Gasteiger partial charge >= 0.3 is 0 Å². The highest BCUT2D eigenvalue weighted by atomic mass is 32.2. The van der Waals surface area contributed by atoms with E-state index >= 15 is 0 Å². The molecule has 0 spiro atoms. The zero-order chi connectivity index (χ0) is 24.7. The first kappa shape index (κ1) is 25.8. The third-order valence-corrected chi connectivity index (χ3v) is 8.14. The van der Waals surface area contributed by atoms with Crippen LogP contribution in [0.2, 0.25) is 0 Å². The third-order valence-electron chi connectivity index (χ3n) is 6.26. The third kappa shape index (κ3) is 6.18. The van der Waals surface area contributed by atoms with Crippen LogP contribution in [-0.2, 0) is 26.2 Å². The van der Waals surface area contributed by atoms with Gasteiger partial charge in [0.05, 0.1) is 30.7 Å². The average Bonchev–Trinajstić information content (AvgIpc) is 3.39. The first-order valence-electron chi connectivity index (χ1n) is 11.5. The van der Waals surface area contributed by atoms with E-state index in [4.69, 9.17) is 9.15 Å². The van der Waals surface area contributed by atoms with Gasteiger partial charge in [0.15, 0.2) is 0 Å². The molecule has 3 rings (SSSR count). The van der Waals surface area contributed by atoms with E-state index in [1.54, 1.807) is 24.3 Å². The fourth-order valence-corrected chi connectivity index (χ4v) is 5.47. The summed E-state index contributed by atoms with van der Waals surface area (Å²) < 4.78 is 37.9. The minimum atomic E-state index is -3.74. The molecule has 1 saturated heterocycles. The van der Waals surface area contributed by atoms with Crippen LogP contribution in [0.15, 0.2) is 52.0 Å². The Kier molecular flexibility index (Phi) is 8.73. The number of nitrogens with one attached hydrogen (secondary N) is 2. The van der Waals surface area contributed by atoms with Crippen molar-refractivity contribution in [1.82, 2.24) is 14.9 Å². The number of amides is 2. The second kappa shape index (κ2) is 11.5. The number of carbonyl (C=O) groups excluding carboxylic acids is 2. The standard InChI is InChI=1S/C24H33N3O6S/c1-4-17(2)22(24(29)25-15-20-8-6-14-33-20)26-23(28)18-7-5-13-27(16-18)34(30,31)21-11-9-19(32-3)10-12-21/h6,8-12,14,17-18,22H,4-5,7,13,15-16H2,1-3H3,(H,25,29)(H,26,28)/t17-,18+,22+/m1/s1. The Morgan fingerprint density at radius 1 is 1.24 bits per heavy atom. The monoisotopic (exact) mass is 491 g/mol. The Bertz CT molecular complexity index is 1050. The number of hydrogen-bond donors (Lipinski definition) is 2.